The lowest BCUT2D eigenvalue weighted by Gasteiger charge is -2.21. The van der Waals surface area contributed by atoms with Crippen molar-refractivity contribution in [3.8, 4) is 5.75 Å². The summed E-state index contributed by atoms with van der Waals surface area (Å²) < 4.78 is 24.3. The Balaban J connectivity index is 2.45. The molecule has 2 aromatic carbocycles. The zero-order valence-electron chi connectivity index (χ0n) is 19.5. The van der Waals surface area contributed by atoms with Gasteiger partial charge in [-0.15, -0.1) is 0 Å². The Labute approximate surface area is 193 Å². The van der Waals surface area contributed by atoms with Gasteiger partial charge < -0.3 is 14.8 Å². The first kappa shape index (κ1) is 25.4. The summed E-state index contributed by atoms with van der Waals surface area (Å²) >= 11 is 0. The molecule has 0 fully saturated rings. The lowest BCUT2D eigenvalue weighted by molar-refractivity contribution is 0.0635. The van der Waals surface area contributed by atoms with Crippen LogP contribution in [0, 0.1) is 5.82 Å². The molecule has 33 heavy (non-hydrogen) atoms. The molecule has 0 aliphatic heterocycles. The standard InChI is InChI=1S/C26H29FN2O4/c1-7-9-17(10-8-2)18-11-13-21(29-25(31)33-26(3,4)5)22(16-18)28-24(30)19-12-14-23(32-6)20(27)15-19/h7-16H,1H2,2-6H3,(H,28,30)(H,29,31)/b10-8-,17-9+. The van der Waals surface area contributed by atoms with Gasteiger partial charge >= 0.3 is 6.09 Å². The van der Waals surface area contributed by atoms with E-state index in [1.165, 1.54) is 19.2 Å². The van der Waals surface area contributed by atoms with Crippen molar-refractivity contribution in [1.82, 2.24) is 0 Å². The first-order chi connectivity index (χ1) is 15.6. The number of amides is 2. The SMILES string of the molecule is C=C/C=C(\C=C/C)c1ccc(NC(=O)OC(C)(C)C)c(NC(=O)c2ccc(OC)c(F)c2)c1. The first-order valence-electron chi connectivity index (χ1n) is 10.3. The summed E-state index contributed by atoms with van der Waals surface area (Å²) in [5.41, 5.74) is 1.67. The van der Waals surface area contributed by atoms with Crippen molar-refractivity contribution < 1.29 is 23.5 Å². The highest BCUT2D eigenvalue weighted by atomic mass is 19.1. The van der Waals surface area contributed by atoms with Gasteiger partial charge in [0.25, 0.3) is 5.91 Å². The van der Waals surface area contributed by atoms with Gasteiger partial charge in [0.1, 0.15) is 5.60 Å². The number of allylic oxidation sites excluding steroid dienone is 5. The van der Waals surface area contributed by atoms with Crippen LogP contribution in [0.3, 0.4) is 0 Å². The average Bonchev–Trinajstić information content (AvgIpc) is 2.73. The lowest BCUT2D eigenvalue weighted by atomic mass is 10.0. The van der Waals surface area contributed by atoms with Gasteiger partial charge in [0.05, 0.1) is 18.5 Å². The van der Waals surface area contributed by atoms with Crippen molar-refractivity contribution in [3.05, 3.63) is 84.2 Å². The van der Waals surface area contributed by atoms with Crippen LogP contribution in [-0.4, -0.2) is 24.7 Å². The molecule has 0 saturated heterocycles. The number of methoxy groups -OCH3 is 1. The number of benzene rings is 2. The maximum absolute atomic E-state index is 14.1. The number of halogens is 1. The van der Waals surface area contributed by atoms with E-state index in [2.05, 4.69) is 17.2 Å². The Morgan fingerprint density at radius 2 is 1.73 bits per heavy atom. The van der Waals surface area contributed by atoms with E-state index in [1.54, 1.807) is 45.0 Å². The summed E-state index contributed by atoms with van der Waals surface area (Å²) in [7, 11) is 1.34. The van der Waals surface area contributed by atoms with Gasteiger partial charge in [-0.05, 0) is 69.2 Å². The molecule has 6 nitrogen and oxygen atoms in total. The fourth-order valence-corrected chi connectivity index (χ4v) is 2.91. The summed E-state index contributed by atoms with van der Waals surface area (Å²) in [4.78, 5) is 25.2. The van der Waals surface area contributed by atoms with E-state index < -0.39 is 23.4 Å². The molecule has 174 valence electrons. The Hall–Kier alpha value is -3.87. The van der Waals surface area contributed by atoms with E-state index in [4.69, 9.17) is 9.47 Å². The highest BCUT2D eigenvalue weighted by Gasteiger charge is 2.19. The largest absolute Gasteiger partial charge is 0.494 e. The molecule has 2 amide bonds. The van der Waals surface area contributed by atoms with Gasteiger partial charge in [0.2, 0.25) is 0 Å². The molecule has 0 atom stereocenters. The van der Waals surface area contributed by atoms with E-state index in [9.17, 15) is 14.0 Å². The highest BCUT2D eigenvalue weighted by molar-refractivity contribution is 6.07. The maximum atomic E-state index is 14.1. The van der Waals surface area contributed by atoms with Gasteiger partial charge in [0.15, 0.2) is 11.6 Å². The van der Waals surface area contributed by atoms with E-state index in [-0.39, 0.29) is 11.3 Å². The van der Waals surface area contributed by atoms with Gasteiger partial charge in [-0.25, -0.2) is 9.18 Å². The lowest BCUT2D eigenvalue weighted by Crippen LogP contribution is -2.27. The summed E-state index contributed by atoms with van der Waals surface area (Å²) in [5.74, 6) is -1.18. The molecule has 2 rings (SSSR count). The molecule has 0 unspecified atom stereocenters. The second kappa shape index (κ2) is 11.1. The van der Waals surface area contributed by atoms with E-state index in [0.717, 1.165) is 17.2 Å². The minimum absolute atomic E-state index is 0.0337. The molecular formula is C26H29FN2O4. The third-order valence-corrected chi connectivity index (χ3v) is 4.29. The number of rotatable bonds is 7. The molecule has 0 heterocycles. The van der Waals surface area contributed by atoms with Crippen LogP contribution in [-0.2, 0) is 4.74 Å². The fourth-order valence-electron chi connectivity index (χ4n) is 2.91. The number of ether oxygens (including phenoxy) is 2. The van der Waals surface area contributed by atoms with Crippen LogP contribution < -0.4 is 15.4 Å². The zero-order valence-corrected chi connectivity index (χ0v) is 19.5. The van der Waals surface area contributed by atoms with Crippen molar-refractivity contribution in [2.24, 2.45) is 0 Å². The average molecular weight is 453 g/mol. The van der Waals surface area contributed by atoms with Crippen LogP contribution in [0.25, 0.3) is 5.57 Å². The van der Waals surface area contributed by atoms with Crippen LogP contribution in [0.15, 0.2) is 67.3 Å². The summed E-state index contributed by atoms with van der Waals surface area (Å²) in [6.07, 6.45) is 6.57. The predicted octanol–water partition coefficient (Wildman–Crippen LogP) is 6.58. The number of hydrogen-bond donors (Lipinski definition) is 2. The monoisotopic (exact) mass is 452 g/mol. The smallest absolute Gasteiger partial charge is 0.412 e. The summed E-state index contributed by atoms with van der Waals surface area (Å²) in [6, 6.07) is 9.07. The van der Waals surface area contributed by atoms with Crippen LogP contribution in [0.2, 0.25) is 0 Å². The molecule has 2 aromatic rings. The van der Waals surface area contributed by atoms with Crippen molar-refractivity contribution in [2.75, 3.05) is 17.7 Å². The zero-order chi connectivity index (χ0) is 24.6. The van der Waals surface area contributed by atoms with E-state index in [1.807, 2.05) is 25.2 Å². The van der Waals surface area contributed by atoms with Gasteiger partial charge in [-0.2, -0.15) is 0 Å². The number of anilines is 2. The maximum Gasteiger partial charge on any atom is 0.412 e. The molecule has 0 radical (unpaired) electrons. The minimum Gasteiger partial charge on any atom is -0.494 e. The number of carbonyl (C=O) groups is 2. The molecule has 7 heteroatoms. The third kappa shape index (κ3) is 7.35. The van der Waals surface area contributed by atoms with Gasteiger partial charge in [-0.1, -0.05) is 36.9 Å². The van der Waals surface area contributed by atoms with Crippen molar-refractivity contribution in [3.63, 3.8) is 0 Å². The second-order valence-electron chi connectivity index (χ2n) is 8.05. The van der Waals surface area contributed by atoms with E-state index >= 15 is 0 Å². The number of hydrogen-bond acceptors (Lipinski definition) is 4. The van der Waals surface area contributed by atoms with E-state index in [0.29, 0.717) is 11.4 Å². The fraction of sp³-hybridized carbons (Fsp3) is 0.231. The molecule has 2 N–H and O–H groups in total. The Kier molecular flexibility index (Phi) is 8.56. The quantitative estimate of drug-likeness (QED) is 0.465. The number of nitrogens with one attached hydrogen (secondary N) is 2. The van der Waals surface area contributed by atoms with Crippen molar-refractivity contribution in [1.29, 1.82) is 0 Å². The molecule has 0 aromatic heterocycles. The van der Waals surface area contributed by atoms with Crippen molar-refractivity contribution >= 4 is 28.9 Å². The highest BCUT2D eigenvalue weighted by Crippen LogP contribution is 2.29. The van der Waals surface area contributed by atoms with Crippen LogP contribution >= 0.6 is 0 Å². The predicted molar refractivity (Wildman–Crippen MR) is 130 cm³/mol. The normalized spacial score (nSPS) is 11.8. The van der Waals surface area contributed by atoms with Gasteiger partial charge in [-0.3, -0.25) is 10.1 Å². The first-order valence-corrected chi connectivity index (χ1v) is 10.3. The van der Waals surface area contributed by atoms with Crippen LogP contribution in [0.1, 0.15) is 43.6 Å². The summed E-state index contributed by atoms with van der Waals surface area (Å²) in [5, 5.41) is 5.40. The van der Waals surface area contributed by atoms with Gasteiger partial charge in [0, 0.05) is 5.56 Å². The Morgan fingerprint density at radius 3 is 2.30 bits per heavy atom. The Morgan fingerprint density at radius 1 is 1.03 bits per heavy atom. The molecular weight excluding hydrogens is 423 g/mol. The molecule has 0 bridgehead atoms. The molecule has 0 aliphatic rings. The third-order valence-electron chi connectivity index (χ3n) is 4.29. The van der Waals surface area contributed by atoms with Crippen LogP contribution in [0.5, 0.6) is 5.75 Å². The van der Waals surface area contributed by atoms with Crippen LogP contribution in [0.4, 0.5) is 20.6 Å². The molecule has 0 saturated carbocycles. The topological polar surface area (TPSA) is 76.7 Å². The Bertz CT molecular complexity index is 1100. The van der Waals surface area contributed by atoms with Crippen molar-refractivity contribution in [2.45, 2.75) is 33.3 Å². The minimum atomic E-state index is -0.695. The molecule has 0 spiro atoms. The second-order valence-corrected chi connectivity index (χ2v) is 8.05. The number of carbonyl (C=O) groups excluding carboxylic acids is 2. The summed E-state index contributed by atoms with van der Waals surface area (Å²) in [6.45, 7) is 10.9. The molecule has 0 aliphatic carbocycles.